The van der Waals surface area contributed by atoms with Crippen LogP contribution in [0, 0.1) is 0 Å². The average Bonchev–Trinajstić information content (AvgIpc) is 2.63. The van der Waals surface area contributed by atoms with E-state index >= 15 is 0 Å². The Morgan fingerprint density at radius 1 is 0.875 bits per heavy atom. The van der Waals surface area contributed by atoms with Gasteiger partial charge in [-0.1, -0.05) is 23.8 Å². The fraction of sp³-hybridized carbons (Fsp3) is 0.350. The Morgan fingerprint density at radius 3 is 2.17 bits per heavy atom. The molecule has 0 bridgehead atoms. The fourth-order valence-electron chi connectivity index (χ4n) is 3.69. The van der Waals surface area contributed by atoms with Crippen molar-refractivity contribution in [1.82, 2.24) is 0 Å². The Morgan fingerprint density at radius 2 is 1.54 bits per heavy atom. The smallest absolute Gasteiger partial charge is 0.359 e. The second-order valence-electron chi connectivity index (χ2n) is 6.31. The number of ether oxygens (including phenoxy) is 3. The van der Waals surface area contributed by atoms with Crippen molar-refractivity contribution in [3.05, 3.63) is 68.9 Å². The third kappa shape index (κ3) is 2.26. The van der Waals surface area contributed by atoms with Crippen LogP contribution in [0.25, 0.3) is 0 Å². The maximum Gasteiger partial charge on any atom is 0.359 e. The molecular formula is C20H22O4. The minimum absolute atomic E-state index is 0.430. The van der Waals surface area contributed by atoms with Crippen LogP contribution in [0.2, 0.25) is 0 Å². The number of esters is 1. The number of carbonyl (C=O) groups excluding carboxylic acids is 1. The molecule has 1 saturated heterocycles. The molecule has 0 unspecified atom stereocenters. The first kappa shape index (κ1) is 16.7. The van der Waals surface area contributed by atoms with Gasteiger partial charge in [-0.15, -0.1) is 0 Å². The van der Waals surface area contributed by atoms with Crippen molar-refractivity contribution in [2.45, 2.75) is 33.7 Å². The molecule has 1 fully saturated rings. The standard InChI is InChI=1S/C20H22O4/c1-11-9-13(3)16-12(2)7-8-15-18(17(16)14(4)10-11)19(21)24-20(15,22-5)23-6/h7-10H,1-6H3. The number of fused-ring (bicyclic) bond motifs is 2. The molecule has 3 rings (SSSR count). The monoisotopic (exact) mass is 326 g/mol. The topological polar surface area (TPSA) is 44.8 Å². The van der Waals surface area contributed by atoms with Gasteiger partial charge in [0, 0.05) is 19.8 Å². The molecule has 0 aromatic carbocycles. The second-order valence-corrected chi connectivity index (χ2v) is 6.31. The van der Waals surface area contributed by atoms with Gasteiger partial charge in [-0.05, 0) is 56.1 Å². The Labute approximate surface area is 142 Å². The summed E-state index contributed by atoms with van der Waals surface area (Å²) in [5.41, 5.74) is 7.43. The van der Waals surface area contributed by atoms with E-state index in [1.54, 1.807) is 0 Å². The van der Waals surface area contributed by atoms with E-state index in [0.717, 1.165) is 33.4 Å². The van der Waals surface area contributed by atoms with Crippen LogP contribution < -0.4 is 0 Å². The minimum atomic E-state index is -1.49. The number of rotatable bonds is 2. The van der Waals surface area contributed by atoms with Gasteiger partial charge in [-0.2, -0.15) is 0 Å². The summed E-state index contributed by atoms with van der Waals surface area (Å²) in [4.78, 5) is 12.7. The van der Waals surface area contributed by atoms with E-state index in [4.69, 9.17) is 14.2 Å². The van der Waals surface area contributed by atoms with Gasteiger partial charge in [0.25, 0.3) is 0 Å². The quantitative estimate of drug-likeness (QED) is 0.570. The predicted molar refractivity (Wildman–Crippen MR) is 91.9 cm³/mol. The van der Waals surface area contributed by atoms with Gasteiger partial charge in [0.05, 0.1) is 11.1 Å². The Hall–Kier alpha value is -2.17. The summed E-state index contributed by atoms with van der Waals surface area (Å²) in [6.45, 7) is 8.18. The first-order valence-corrected chi connectivity index (χ1v) is 7.90. The average molecular weight is 326 g/mol. The number of methoxy groups -OCH3 is 2. The highest BCUT2D eigenvalue weighted by Gasteiger charge is 2.52. The van der Waals surface area contributed by atoms with Crippen molar-refractivity contribution < 1.29 is 19.0 Å². The summed E-state index contributed by atoms with van der Waals surface area (Å²) in [5, 5.41) is 0. The summed E-state index contributed by atoms with van der Waals surface area (Å²) in [5.74, 6) is -1.92. The van der Waals surface area contributed by atoms with E-state index in [1.807, 2.05) is 26.0 Å². The lowest BCUT2D eigenvalue weighted by molar-refractivity contribution is -0.306. The summed E-state index contributed by atoms with van der Waals surface area (Å²) in [7, 11) is 2.94. The van der Waals surface area contributed by atoms with E-state index in [2.05, 4.69) is 26.0 Å². The summed E-state index contributed by atoms with van der Waals surface area (Å²) in [6.07, 6.45) is 8.06. The molecule has 24 heavy (non-hydrogen) atoms. The number of hydrogen-bond acceptors (Lipinski definition) is 4. The molecule has 0 amide bonds. The maximum atomic E-state index is 12.7. The third-order valence-electron chi connectivity index (χ3n) is 4.64. The summed E-state index contributed by atoms with van der Waals surface area (Å²) in [6, 6.07) is 0. The lowest BCUT2D eigenvalue weighted by Gasteiger charge is -2.24. The van der Waals surface area contributed by atoms with Crippen LogP contribution in [0.3, 0.4) is 0 Å². The molecular weight excluding hydrogens is 304 g/mol. The Balaban J connectivity index is 2.41. The van der Waals surface area contributed by atoms with Crippen LogP contribution in [0.4, 0.5) is 0 Å². The predicted octanol–water partition coefficient (Wildman–Crippen LogP) is 3.90. The summed E-state index contributed by atoms with van der Waals surface area (Å²) >= 11 is 0. The van der Waals surface area contributed by atoms with Crippen molar-refractivity contribution in [2.75, 3.05) is 14.2 Å². The van der Waals surface area contributed by atoms with Crippen LogP contribution >= 0.6 is 0 Å². The van der Waals surface area contributed by atoms with Gasteiger partial charge >= 0.3 is 11.9 Å². The maximum absolute atomic E-state index is 12.7. The van der Waals surface area contributed by atoms with E-state index in [0.29, 0.717) is 11.1 Å². The highest BCUT2D eigenvalue weighted by molar-refractivity contribution is 6.01. The molecule has 0 saturated carbocycles. The van der Waals surface area contributed by atoms with Crippen molar-refractivity contribution >= 4 is 5.97 Å². The SMILES string of the molecule is COC1(OC)OC(=O)C2=C3C(C)=CC(C)=CC(C)=C3C(C)=CC=C21. The van der Waals surface area contributed by atoms with Gasteiger partial charge in [-0.25, -0.2) is 4.79 Å². The molecule has 0 aromatic heterocycles. The third-order valence-corrected chi connectivity index (χ3v) is 4.64. The second kappa shape index (κ2) is 5.72. The fourth-order valence-corrected chi connectivity index (χ4v) is 3.69. The van der Waals surface area contributed by atoms with Gasteiger partial charge in [0.2, 0.25) is 0 Å². The molecule has 1 heterocycles. The van der Waals surface area contributed by atoms with Crippen molar-refractivity contribution in [3.63, 3.8) is 0 Å². The minimum Gasteiger partial charge on any atom is -0.400 e. The van der Waals surface area contributed by atoms with E-state index < -0.39 is 11.9 Å². The molecule has 4 nitrogen and oxygen atoms in total. The molecule has 1 aliphatic heterocycles. The van der Waals surface area contributed by atoms with Crippen molar-refractivity contribution in [3.8, 4) is 0 Å². The normalized spacial score (nSPS) is 22.7. The van der Waals surface area contributed by atoms with E-state index in [1.165, 1.54) is 14.2 Å². The van der Waals surface area contributed by atoms with Crippen LogP contribution in [-0.4, -0.2) is 26.2 Å². The van der Waals surface area contributed by atoms with Crippen LogP contribution in [0.1, 0.15) is 27.7 Å². The van der Waals surface area contributed by atoms with Crippen molar-refractivity contribution in [1.29, 1.82) is 0 Å². The Kier molecular flexibility index (Phi) is 3.98. The molecule has 3 aliphatic rings. The van der Waals surface area contributed by atoms with E-state index in [9.17, 15) is 4.79 Å². The molecule has 0 aromatic rings. The molecule has 2 aliphatic carbocycles. The molecule has 4 heteroatoms. The zero-order valence-electron chi connectivity index (χ0n) is 14.9. The number of cyclic esters (lactones) is 1. The highest BCUT2D eigenvalue weighted by atomic mass is 16.9. The highest BCUT2D eigenvalue weighted by Crippen LogP contribution is 2.46. The number of allylic oxidation sites excluding steroid dienone is 10. The van der Waals surface area contributed by atoms with Crippen LogP contribution in [0.5, 0.6) is 0 Å². The van der Waals surface area contributed by atoms with Gasteiger partial charge in [0.15, 0.2) is 0 Å². The largest absolute Gasteiger partial charge is 0.400 e. The zero-order chi connectivity index (χ0) is 17.6. The molecule has 0 atom stereocenters. The lowest BCUT2D eigenvalue weighted by atomic mass is 9.87. The number of carbonyl (C=O) groups is 1. The molecule has 126 valence electrons. The van der Waals surface area contributed by atoms with Crippen LogP contribution in [0.15, 0.2) is 68.9 Å². The first-order chi connectivity index (χ1) is 11.3. The number of hydrogen-bond donors (Lipinski definition) is 0. The first-order valence-electron chi connectivity index (χ1n) is 7.90. The molecule has 0 N–H and O–H groups in total. The molecule has 0 spiro atoms. The molecule has 0 radical (unpaired) electrons. The lowest BCUT2D eigenvalue weighted by Crippen LogP contribution is -2.34. The summed E-state index contributed by atoms with van der Waals surface area (Å²) < 4.78 is 16.3. The Bertz CT molecular complexity index is 809. The van der Waals surface area contributed by atoms with Gasteiger partial charge < -0.3 is 14.2 Å². The van der Waals surface area contributed by atoms with Gasteiger partial charge in [0.1, 0.15) is 0 Å². The van der Waals surface area contributed by atoms with Crippen molar-refractivity contribution in [2.24, 2.45) is 0 Å². The van der Waals surface area contributed by atoms with Gasteiger partial charge in [-0.3, -0.25) is 0 Å². The zero-order valence-corrected chi connectivity index (χ0v) is 14.9. The van der Waals surface area contributed by atoms with E-state index in [-0.39, 0.29) is 0 Å². The van der Waals surface area contributed by atoms with Crippen LogP contribution in [-0.2, 0) is 19.0 Å².